The van der Waals surface area contributed by atoms with Crippen molar-refractivity contribution in [3.8, 4) is 0 Å². The van der Waals surface area contributed by atoms with Gasteiger partial charge in [0, 0.05) is 11.6 Å². The fourth-order valence-corrected chi connectivity index (χ4v) is 11.9. The maximum atomic E-state index is 12.7. The van der Waals surface area contributed by atoms with Crippen molar-refractivity contribution in [3.05, 3.63) is 29.3 Å². The van der Waals surface area contributed by atoms with Gasteiger partial charge >= 0.3 is 0 Å². The number of hydrogen-bond donors (Lipinski definition) is 3. The molecule has 3 unspecified atom stereocenters. The molecule has 5 nitrogen and oxygen atoms in total. The standard InChI is InChI=1S/C32H50ClNO4S/c1-5-24-28-19-22(35)13-15-32(28,4)27-14-16-31(3)25(11-12-26(31)29(27)30(24)36)20(2)8-7-17-34-39(37,38)23-10-6-9-21(33)18-23/h6,9-10,18,20,22,24-30,34-36H,5,7-8,11-17,19H2,1-4H3/t20-,22+,24+,25+,26-,27?,28-,29-,30+,31?,32?/m0/s1. The molecule has 7 heteroatoms. The largest absolute Gasteiger partial charge is 0.393 e. The van der Waals surface area contributed by atoms with Crippen LogP contribution in [0.5, 0.6) is 0 Å². The van der Waals surface area contributed by atoms with Crippen molar-refractivity contribution < 1.29 is 18.6 Å². The summed E-state index contributed by atoms with van der Waals surface area (Å²) in [7, 11) is -3.56. The summed E-state index contributed by atoms with van der Waals surface area (Å²) in [5.74, 6) is 3.32. The van der Waals surface area contributed by atoms with Gasteiger partial charge in [0.2, 0.25) is 10.0 Å². The van der Waals surface area contributed by atoms with Crippen molar-refractivity contribution in [2.75, 3.05) is 6.54 Å². The summed E-state index contributed by atoms with van der Waals surface area (Å²) in [6.45, 7) is 10.0. The predicted molar refractivity (Wildman–Crippen MR) is 157 cm³/mol. The lowest BCUT2D eigenvalue weighted by molar-refractivity contribution is -0.203. The molecule has 1 aromatic carbocycles. The van der Waals surface area contributed by atoms with Gasteiger partial charge in [0.1, 0.15) is 0 Å². The molecule has 5 rings (SSSR count). The number of aliphatic hydroxyl groups excluding tert-OH is 2. The fraction of sp³-hybridized carbons (Fsp3) is 0.812. The van der Waals surface area contributed by atoms with Crippen LogP contribution in [0, 0.1) is 52.3 Å². The molecule has 4 saturated carbocycles. The minimum Gasteiger partial charge on any atom is -0.393 e. The van der Waals surface area contributed by atoms with Crippen LogP contribution in [0.4, 0.5) is 0 Å². The Morgan fingerprint density at radius 3 is 2.49 bits per heavy atom. The average Bonchev–Trinajstić information content (AvgIpc) is 3.25. The summed E-state index contributed by atoms with van der Waals surface area (Å²) in [4.78, 5) is 0.214. The Morgan fingerprint density at radius 2 is 1.77 bits per heavy atom. The lowest BCUT2D eigenvalue weighted by Gasteiger charge is -2.64. The van der Waals surface area contributed by atoms with E-state index in [1.165, 1.54) is 31.7 Å². The van der Waals surface area contributed by atoms with E-state index in [2.05, 4.69) is 32.4 Å². The van der Waals surface area contributed by atoms with Crippen LogP contribution in [0.25, 0.3) is 0 Å². The summed E-state index contributed by atoms with van der Waals surface area (Å²) < 4.78 is 28.1. The molecule has 0 aromatic heterocycles. The van der Waals surface area contributed by atoms with Crippen LogP contribution in [0.2, 0.25) is 5.02 Å². The molecule has 0 radical (unpaired) electrons. The van der Waals surface area contributed by atoms with Crippen molar-refractivity contribution >= 4 is 21.6 Å². The third kappa shape index (κ3) is 5.24. The van der Waals surface area contributed by atoms with E-state index in [-0.39, 0.29) is 33.9 Å². The number of aliphatic hydroxyl groups is 2. The highest BCUT2D eigenvalue weighted by Gasteiger charge is 2.64. The van der Waals surface area contributed by atoms with Crippen LogP contribution in [0.3, 0.4) is 0 Å². The van der Waals surface area contributed by atoms with Gasteiger partial charge in [-0.05, 0) is 128 Å². The molecule has 0 bridgehead atoms. The Hall–Kier alpha value is -0.660. The van der Waals surface area contributed by atoms with Gasteiger partial charge in [-0.2, -0.15) is 0 Å². The Bertz CT molecular complexity index is 1130. The molecule has 1 aromatic rings. The quantitative estimate of drug-likeness (QED) is 0.300. The molecular formula is C32H50ClNO4S. The highest BCUT2D eigenvalue weighted by atomic mass is 35.5. The fourth-order valence-electron chi connectivity index (χ4n) is 10.5. The molecule has 220 valence electrons. The highest BCUT2D eigenvalue weighted by Crippen LogP contribution is 2.69. The summed E-state index contributed by atoms with van der Waals surface area (Å²) >= 11 is 5.99. The number of sulfonamides is 1. The zero-order valence-corrected chi connectivity index (χ0v) is 25.9. The number of fused-ring (bicyclic) bond motifs is 5. The van der Waals surface area contributed by atoms with Gasteiger partial charge in [-0.1, -0.05) is 51.8 Å². The molecule has 0 spiro atoms. The third-order valence-electron chi connectivity index (χ3n) is 12.4. The Morgan fingerprint density at radius 1 is 1.05 bits per heavy atom. The zero-order chi connectivity index (χ0) is 28.2. The average molecular weight is 580 g/mol. The van der Waals surface area contributed by atoms with Gasteiger partial charge < -0.3 is 10.2 Å². The molecule has 4 fully saturated rings. The minimum absolute atomic E-state index is 0.207. The van der Waals surface area contributed by atoms with Gasteiger partial charge in [-0.3, -0.25) is 0 Å². The molecule has 4 aliphatic carbocycles. The maximum Gasteiger partial charge on any atom is 0.240 e. The van der Waals surface area contributed by atoms with E-state index in [1.807, 2.05) is 0 Å². The number of hydrogen-bond acceptors (Lipinski definition) is 4. The van der Waals surface area contributed by atoms with Crippen LogP contribution >= 0.6 is 11.6 Å². The van der Waals surface area contributed by atoms with Crippen molar-refractivity contribution in [1.29, 1.82) is 0 Å². The van der Waals surface area contributed by atoms with Gasteiger partial charge in [0.15, 0.2) is 0 Å². The monoisotopic (exact) mass is 579 g/mol. The van der Waals surface area contributed by atoms with Gasteiger partial charge in [-0.15, -0.1) is 0 Å². The second kappa shape index (κ2) is 11.2. The van der Waals surface area contributed by atoms with E-state index in [1.54, 1.807) is 18.2 Å². The van der Waals surface area contributed by atoms with Crippen LogP contribution in [0.1, 0.15) is 91.9 Å². The lowest BCUT2D eigenvalue weighted by atomic mass is 9.41. The predicted octanol–water partition coefficient (Wildman–Crippen LogP) is 6.66. The maximum absolute atomic E-state index is 12.7. The first-order chi connectivity index (χ1) is 18.4. The second-order valence-corrected chi connectivity index (χ2v) is 16.3. The molecule has 0 saturated heterocycles. The molecule has 39 heavy (non-hydrogen) atoms. The van der Waals surface area contributed by atoms with E-state index in [4.69, 9.17) is 11.6 Å². The van der Waals surface area contributed by atoms with Crippen molar-refractivity contribution in [2.45, 2.75) is 109 Å². The number of rotatable bonds is 8. The second-order valence-electron chi connectivity index (χ2n) is 14.1. The molecule has 3 N–H and O–H groups in total. The normalized spacial score (nSPS) is 42.8. The van der Waals surface area contributed by atoms with Crippen LogP contribution in [0.15, 0.2) is 29.2 Å². The Kier molecular flexibility index (Phi) is 8.57. The molecule has 0 amide bonds. The van der Waals surface area contributed by atoms with Gasteiger partial charge in [0.05, 0.1) is 17.1 Å². The molecule has 0 heterocycles. The van der Waals surface area contributed by atoms with E-state index in [9.17, 15) is 18.6 Å². The van der Waals surface area contributed by atoms with E-state index in [0.717, 1.165) is 38.5 Å². The molecule has 4 aliphatic rings. The van der Waals surface area contributed by atoms with Crippen LogP contribution in [-0.4, -0.2) is 37.4 Å². The first-order valence-electron chi connectivity index (χ1n) is 15.5. The van der Waals surface area contributed by atoms with E-state index < -0.39 is 10.0 Å². The third-order valence-corrected chi connectivity index (χ3v) is 14.1. The molecule has 0 aliphatic heterocycles. The van der Waals surface area contributed by atoms with E-state index >= 15 is 0 Å². The van der Waals surface area contributed by atoms with Gasteiger partial charge in [-0.25, -0.2) is 13.1 Å². The number of halogens is 1. The summed E-state index contributed by atoms with van der Waals surface area (Å²) in [5.41, 5.74) is 0.465. The van der Waals surface area contributed by atoms with Crippen LogP contribution < -0.4 is 4.72 Å². The topological polar surface area (TPSA) is 86.6 Å². The first-order valence-corrected chi connectivity index (χ1v) is 17.4. The zero-order valence-electron chi connectivity index (χ0n) is 24.3. The van der Waals surface area contributed by atoms with E-state index in [0.29, 0.717) is 47.1 Å². The van der Waals surface area contributed by atoms with Crippen molar-refractivity contribution in [1.82, 2.24) is 4.72 Å². The lowest BCUT2D eigenvalue weighted by Crippen LogP contribution is -2.62. The Labute approximate surface area is 241 Å². The summed E-state index contributed by atoms with van der Waals surface area (Å²) in [6.07, 6.45) is 10.0. The summed E-state index contributed by atoms with van der Waals surface area (Å²) in [5, 5.41) is 22.8. The van der Waals surface area contributed by atoms with Crippen molar-refractivity contribution in [3.63, 3.8) is 0 Å². The summed E-state index contributed by atoms with van der Waals surface area (Å²) in [6, 6.07) is 6.41. The van der Waals surface area contributed by atoms with Crippen LogP contribution in [-0.2, 0) is 10.0 Å². The smallest absolute Gasteiger partial charge is 0.240 e. The molecular weight excluding hydrogens is 530 g/mol. The number of benzene rings is 1. The minimum atomic E-state index is -3.56. The number of nitrogens with one attached hydrogen (secondary N) is 1. The first kappa shape index (κ1) is 29.8. The van der Waals surface area contributed by atoms with Crippen molar-refractivity contribution in [2.24, 2.45) is 52.3 Å². The SMILES string of the molecule is CC[C@H]1[C@@H](O)[C@@H]2C(CCC3(C)[C@@H]([C@@H](C)CCCNS(=O)(=O)c4cccc(Cl)c4)CC[C@@H]23)C2(C)CC[C@@H](O)C[C@@H]12. The van der Waals surface area contributed by atoms with Gasteiger partial charge in [0.25, 0.3) is 0 Å². The molecule has 11 atom stereocenters. The Balaban J connectivity index is 1.24. The highest BCUT2D eigenvalue weighted by molar-refractivity contribution is 7.89.